The number of halogens is 2. The molecule has 35 heavy (non-hydrogen) atoms. The molecule has 0 spiro atoms. The zero-order valence-corrected chi connectivity index (χ0v) is 28.3. The van der Waals surface area contributed by atoms with E-state index in [1.165, 1.54) is 65.1 Å². The SMILES string of the molecule is Cc1c(C)c(C)[c-]([Si](C)(C)[c-]2cc(CCCCCCOC(C)(C)C)c3ccccc32)c1C.[Cl][Zr+2][Cl]. The van der Waals surface area contributed by atoms with E-state index >= 15 is 0 Å². The molecule has 0 fully saturated rings. The van der Waals surface area contributed by atoms with E-state index in [1.54, 1.807) is 15.9 Å². The fourth-order valence-electron chi connectivity index (χ4n) is 5.49. The van der Waals surface area contributed by atoms with Gasteiger partial charge < -0.3 is 4.74 Å². The van der Waals surface area contributed by atoms with Gasteiger partial charge in [-0.3, -0.25) is 0 Å². The average Bonchev–Trinajstić information content (AvgIpc) is 3.25. The third-order valence-electron chi connectivity index (χ3n) is 7.49. The van der Waals surface area contributed by atoms with Crippen molar-refractivity contribution in [2.75, 3.05) is 6.61 Å². The summed E-state index contributed by atoms with van der Waals surface area (Å²) < 4.78 is 5.87. The topological polar surface area (TPSA) is 9.23 Å². The van der Waals surface area contributed by atoms with E-state index < -0.39 is 28.9 Å². The van der Waals surface area contributed by atoms with Crippen molar-refractivity contribution in [3.63, 3.8) is 0 Å². The van der Waals surface area contributed by atoms with Crippen LogP contribution in [-0.4, -0.2) is 20.3 Å². The minimum atomic E-state index is -1.80. The van der Waals surface area contributed by atoms with Crippen molar-refractivity contribution in [3.8, 4) is 0 Å². The molecule has 0 aliphatic carbocycles. The second kappa shape index (κ2) is 13.6. The molecule has 0 unspecified atom stereocenters. The molecule has 0 saturated heterocycles. The molecule has 192 valence electrons. The van der Waals surface area contributed by atoms with Crippen LogP contribution in [-0.2, 0) is 32.0 Å². The molecule has 0 radical (unpaired) electrons. The first-order valence-corrected chi connectivity index (χ1v) is 22.2. The molecule has 3 aromatic carbocycles. The summed E-state index contributed by atoms with van der Waals surface area (Å²) in [7, 11) is 8.07. The molecule has 0 N–H and O–H groups in total. The van der Waals surface area contributed by atoms with Gasteiger partial charge in [0.05, 0.1) is 5.60 Å². The quantitative estimate of drug-likeness (QED) is 0.134. The van der Waals surface area contributed by atoms with Crippen molar-refractivity contribution >= 4 is 46.2 Å². The number of fused-ring (bicyclic) bond motifs is 1. The van der Waals surface area contributed by atoms with Crippen molar-refractivity contribution in [1.82, 2.24) is 0 Å². The fraction of sp³-hybridized carbons (Fsp3) is 0.533. The molecule has 3 aromatic rings. The summed E-state index contributed by atoms with van der Waals surface area (Å²) in [5.41, 5.74) is 7.57. The molecule has 3 rings (SSSR count). The minimum absolute atomic E-state index is 0.0171. The van der Waals surface area contributed by atoms with Gasteiger partial charge in [0.15, 0.2) is 0 Å². The molecule has 0 heterocycles. The second-order valence-electron chi connectivity index (χ2n) is 11.3. The molecule has 0 aliphatic heterocycles. The molecular formula is C30H44Cl2OSiZr. The maximum atomic E-state index is 5.87. The summed E-state index contributed by atoms with van der Waals surface area (Å²) in [6.45, 7) is 21.7. The standard InChI is InChI=1S/C30H44OSi.2ClH.Zr/c1-21-22(2)24(4)29(23(21)3)32(8,9)28-20-25(26-17-13-14-18-27(26)28)16-12-10-11-15-19-31-30(5,6)7;;;/h13-14,17-18,20H,10-12,15-16,19H2,1-9H3;2*1H;/q-2;;;+4/p-2. The Bertz CT molecular complexity index is 1060. The van der Waals surface area contributed by atoms with Gasteiger partial charge >= 0.3 is 37.9 Å². The normalized spacial score (nSPS) is 12.0. The van der Waals surface area contributed by atoms with Gasteiger partial charge in [0.2, 0.25) is 0 Å². The Morgan fingerprint density at radius 1 is 0.886 bits per heavy atom. The second-order valence-corrected chi connectivity index (χ2v) is 19.3. The van der Waals surface area contributed by atoms with Crippen LogP contribution in [0.4, 0.5) is 0 Å². The predicted molar refractivity (Wildman–Crippen MR) is 157 cm³/mol. The molecule has 1 nitrogen and oxygen atoms in total. The van der Waals surface area contributed by atoms with Crippen molar-refractivity contribution in [3.05, 3.63) is 58.1 Å². The van der Waals surface area contributed by atoms with Gasteiger partial charge in [0.25, 0.3) is 0 Å². The van der Waals surface area contributed by atoms with E-state index in [0.29, 0.717) is 0 Å². The van der Waals surface area contributed by atoms with Gasteiger partial charge in [-0.2, -0.15) is 33.0 Å². The van der Waals surface area contributed by atoms with Crippen LogP contribution in [0.2, 0.25) is 13.1 Å². The molecular weight excluding hydrogens is 567 g/mol. The van der Waals surface area contributed by atoms with E-state index in [2.05, 4.69) is 91.9 Å². The number of unbranched alkanes of at least 4 members (excludes halogenated alkanes) is 3. The average molecular weight is 611 g/mol. The monoisotopic (exact) mass is 608 g/mol. The first-order valence-electron chi connectivity index (χ1n) is 12.9. The van der Waals surface area contributed by atoms with Crippen LogP contribution in [0.15, 0.2) is 30.3 Å². The molecule has 0 aliphatic rings. The number of rotatable bonds is 9. The van der Waals surface area contributed by atoms with Crippen molar-refractivity contribution in [1.29, 1.82) is 0 Å². The Labute approximate surface area is 234 Å². The van der Waals surface area contributed by atoms with E-state index in [4.69, 9.17) is 21.8 Å². The number of aryl methyl sites for hydroxylation is 1. The van der Waals surface area contributed by atoms with Gasteiger partial charge in [-0.1, -0.05) is 72.5 Å². The van der Waals surface area contributed by atoms with E-state index in [0.717, 1.165) is 6.61 Å². The van der Waals surface area contributed by atoms with Crippen LogP contribution in [0.3, 0.4) is 0 Å². The Kier molecular flexibility index (Phi) is 12.0. The summed E-state index contributed by atoms with van der Waals surface area (Å²) in [4.78, 5) is 0. The van der Waals surface area contributed by atoms with Crippen LogP contribution in [0.25, 0.3) is 10.8 Å². The van der Waals surface area contributed by atoms with Gasteiger partial charge in [-0.25, -0.2) is 0 Å². The van der Waals surface area contributed by atoms with Gasteiger partial charge in [0, 0.05) is 14.7 Å². The predicted octanol–water partition coefficient (Wildman–Crippen LogP) is 8.63. The van der Waals surface area contributed by atoms with Crippen LogP contribution >= 0.6 is 17.0 Å². The number of ether oxygens (including phenoxy) is 1. The number of hydrogen-bond acceptors (Lipinski definition) is 1. The molecule has 0 aromatic heterocycles. The molecule has 0 amide bonds. The van der Waals surface area contributed by atoms with Crippen LogP contribution in [0.1, 0.15) is 74.3 Å². The summed E-state index contributed by atoms with van der Waals surface area (Å²) in [6, 6.07) is 11.7. The van der Waals surface area contributed by atoms with Gasteiger partial charge in [-0.05, 0) is 27.2 Å². The Balaban J connectivity index is 0.00000137. The van der Waals surface area contributed by atoms with Gasteiger partial charge in [-0.15, -0.1) is 40.2 Å². The first-order chi connectivity index (χ1) is 16.4. The molecule has 0 saturated carbocycles. The van der Waals surface area contributed by atoms with Crippen LogP contribution in [0.5, 0.6) is 0 Å². The molecule has 0 bridgehead atoms. The Hall–Kier alpha value is -0.180. The molecule has 0 atom stereocenters. The zero-order chi connectivity index (χ0) is 26.4. The maximum absolute atomic E-state index is 5.87. The summed E-state index contributed by atoms with van der Waals surface area (Å²) in [6.07, 6.45) is 6.15. The fourth-order valence-corrected chi connectivity index (χ4v) is 9.44. The summed E-state index contributed by atoms with van der Waals surface area (Å²) >= 11 is -0.826. The van der Waals surface area contributed by atoms with E-state index in [-0.39, 0.29) is 5.60 Å². The molecule has 5 heteroatoms. The number of benzene rings is 1. The zero-order valence-electron chi connectivity index (χ0n) is 23.3. The number of hydrogen-bond donors (Lipinski definition) is 0. The van der Waals surface area contributed by atoms with Crippen molar-refractivity contribution < 1.29 is 25.6 Å². The summed E-state index contributed by atoms with van der Waals surface area (Å²) in [5, 5.41) is 6.26. The van der Waals surface area contributed by atoms with Crippen molar-refractivity contribution in [2.24, 2.45) is 0 Å². The van der Waals surface area contributed by atoms with E-state index in [1.807, 2.05) is 0 Å². The van der Waals surface area contributed by atoms with E-state index in [9.17, 15) is 0 Å². The summed E-state index contributed by atoms with van der Waals surface area (Å²) in [5.74, 6) is 0. The third-order valence-corrected chi connectivity index (χ3v) is 11.3. The first kappa shape index (κ1) is 31.0. The van der Waals surface area contributed by atoms with Crippen LogP contribution < -0.4 is 10.4 Å². The van der Waals surface area contributed by atoms with Crippen molar-refractivity contribution in [2.45, 2.75) is 99.3 Å². The van der Waals surface area contributed by atoms with Gasteiger partial charge in [0.1, 0.15) is 0 Å². The Morgan fingerprint density at radius 2 is 1.43 bits per heavy atom. The Morgan fingerprint density at radius 3 is 2.00 bits per heavy atom. The third kappa shape index (κ3) is 7.90. The van der Waals surface area contributed by atoms with Crippen LogP contribution in [0, 0.1) is 27.7 Å².